The summed E-state index contributed by atoms with van der Waals surface area (Å²) < 4.78 is 5.44. The maximum Gasteiger partial charge on any atom is 0.123 e. The van der Waals surface area contributed by atoms with Crippen molar-refractivity contribution in [1.82, 2.24) is 4.90 Å². The highest BCUT2D eigenvalue weighted by atomic mass is 16.5. The van der Waals surface area contributed by atoms with E-state index in [4.69, 9.17) is 4.74 Å². The quantitative estimate of drug-likeness (QED) is 0.849. The Morgan fingerprint density at radius 2 is 1.81 bits per heavy atom. The lowest BCUT2D eigenvalue weighted by atomic mass is 10.1. The molecule has 2 rings (SSSR count). The standard InChI is InChI=1S/C18H23NO2/c1-15-8-9-18(21-2)17(12-15)14-19(10-11-20)13-16-6-4-3-5-7-16/h3-9,12,20H,10-11,13-14H2,1-2H3. The van der Waals surface area contributed by atoms with E-state index in [1.165, 1.54) is 11.1 Å². The Morgan fingerprint density at radius 3 is 2.48 bits per heavy atom. The molecule has 0 aromatic heterocycles. The molecule has 0 atom stereocenters. The van der Waals surface area contributed by atoms with Gasteiger partial charge >= 0.3 is 0 Å². The molecule has 0 saturated heterocycles. The zero-order valence-corrected chi connectivity index (χ0v) is 12.7. The third-order valence-electron chi connectivity index (χ3n) is 3.50. The van der Waals surface area contributed by atoms with Gasteiger partial charge in [0, 0.05) is 25.2 Å². The molecule has 2 aromatic carbocycles. The van der Waals surface area contributed by atoms with Gasteiger partial charge in [-0.1, -0.05) is 48.0 Å². The van der Waals surface area contributed by atoms with Crippen molar-refractivity contribution in [2.75, 3.05) is 20.3 Å². The van der Waals surface area contributed by atoms with Gasteiger partial charge in [0.1, 0.15) is 5.75 Å². The maximum atomic E-state index is 9.30. The Morgan fingerprint density at radius 1 is 1.05 bits per heavy atom. The number of aryl methyl sites for hydroxylation is 1. The average Bonchev–Trinajstić information content (AvgIpc) is 2.49. The molecule has 0 aliphatic carbocycles. The highest BCUT2D eigenvalue weighted by Crippen LogP contribution is 2.22. The summed E-state index contributed by atoms with van der Waals surface area (Å²) in [5.41, 5.74) is 3.62. The van der Waals surface area contributed by atoms with Crippen LogP contribution in [0.3, 0.4) is 0 Å². The first-order valence-corrected chi connectivity index (χ1v) is 7.23. The van der Waals surface area contributed by atoms with E-state index in [-0.39, 0.29) is 6.61 Å². The summed E-state index contributed by atoms with van der Waals surface area (Å²) in [4.78, 5) is 2.23. The number of rotatable bonds is 7. The molecular weight excluding hydrogens is 262 g/mol. The first-order chi connectivity index (χ1) is 10.2. The van der Waals surface area contributed by atoms with Crippen LogP contribution < -0.4 is 4.74 Å². The highest BCUT2D eigenvalue weighted by molar-refractivity contribution is 5.36. The van der Waals surface area contributed by atoms with Crippen molar-refractivity contribution >= 4 is 0 Å². The summed E-state index contributed by atoms with van der Waals surface area (Å²) in [6.45, 7) is 4.46. The summed E-state index contributed by atoms with van der Waals surface area (Å²) in [7, 11) is 1.70. The Kier molecular flexibility index (Phi) is 5.78. The molecule has 112 valence electrons. The van der Waals surface area contributed by atoms with Crippen LogP contribution in [0.2, 0.25) is 0 Å². The van der Waals surface area contributed by atoms with Gasteiger partial charge in [-0.05, 0) is 18.6 Å². The van der Waals surface area contributed by atoms with Crippen molar-refractivity contribution in [3.63, 3.8) is 0 Å². The monoisotopic (exact) mass is 285 g/mol. The molecule has 0 radical (unpaired) electrons. The van der Waals surface area contributed by atoms with Crippen molar-refractivity contribution in [2.45, 2.75) is 20.0 Å². The number of hydrogen-bond acceptors (Lipinski definition) is 3. The molecule has 3 heteroatoms. The number of benzene rings is 2. The van der Waals surface area contributed by atoms with E-state index in [1.54, 1.807) is 7.11 Å². The molecule has 0 aliphatic heterocycles. The molecule has 1 N–H and O–H groups in total. The van der Waals surface area contributed by atoms with Crippen LogP contribution in [0.15, 0.2) is 48.5 Å². The van der Waals surface area contributed by atoms with Gasteiger partial charge < -0.3 is 9.84 Å². The zero-order chi connectivity index (χ0) is 15.1. The van der Waals surface area contributed by atoms with Gasteiger partial charge in [-0.15, -0.1) is 0 Å². The second-order valence-corrected chi connectivity index (χ2v) is 5.24. The van der Waals surface area contributed by atoms with E-state index >= 15 is 0 Å². The van der Waals surface area contributed by atoms with E-state index in [0.29, 0.717) is 6.54 Å². The van der Waals surface area contributed by atoms with E-state index in [9.17, 15) is 5.11 Å². The average molecular weight is 285 g/mol. The van der Waals surface area contributed by atoms with Crippen LogP contribution in [-0.4, -0.2) is 30.3 Å². The molecule has 0 spiro atoms. The number of hydrogen-bond donors (Lipinski definition) is 1. The van der Waals surface area contributed by atoms with Crippen LogP contribution in [-0.2, 0) is 13.1 Å². The van der Waals surface area contributed by atoms with Gasteiger partial charge in [-0.2, -0.15) is 0 Å². The molecule has 3 nitrogen and oxygen atoms in total. The highest BCUT2D eigenvalue weighted by Gasteiger charge is 2.10. The molecule has 21 heavy (non-hydrogen) atoms. The van der Waals surface area contributed by atoms with Gasteiger partial charge in [-0.25, -0.2) is 0 Å². The summed E-state index contributed by atoms with van der Waals surface area (Å²) in [5, 5.41) is 9.30. The molecule has 0 fully saturated rings. The Hall–Kier alpha value is -1.84. The predicted molar refractivity (Wildman–Crippen MR) is 85.4 cm³/mol. The van der Waals surface area contributed by atoms with Crippen molar-refractivity contribution in [1.29, 1.82) is 0 Å². The van der Waals surface area contributed by atoms with E-state index < -0.39 is 0 Å². The summed E-state index contributed by atoms with van der Waals surface area (Å²) in [6, 6.07) is 16.5. The normalized spacial score (nSPS) is 10.9. The minimum Gasteiger partial charge on any atom is -0.496 e. The SMILES string of the molecule is COc1ccc(C)cc1CN(CCO)Cc1ccccc1. The minimum atomic E-state index is 0.154. The molecule has 0 amide bonds. The third kappa shape index (κ3) is 4.59. The smallest absolute Gasteiger partial charge is 0.123 e. The predicted octanol–water partition coefficient (Wildman–Crippen LogP) is 3.00. The maximum absolute atomic E-state index is 9.30. The first-order valence-electron chi connectivity index (χ1n) is 7.23. The van der Waals surface area contributed by atoms with E-state index in [2.05, 4.69) is 36.1 Å². The summed E-state index contributed by atoms with van der Waals surface area (Å²) >= 11 is 0. The lowest BCUT2D eigenvalue weighted by Crippen LogP contribution is -2.26. The van der Waals surface area contributed by atoms with Crippen molar-refractivity contribution in [3.05, 3.63) is 65.2 Å². The number of aliphatic hydroxyl groups is 1. The van der Waals surface area contributed by atoms with Gasteiger partial charge in [-0.3, -0.25) is 4.90 Å². The van der Waals surface area contributed by atoms with Crippen LogP contribution >= 0.6 is 0 Å². The fourth-order valence-electron chi connectivity index (χ4n) is 2.47. The second kappa shape index (κ2) is 7.81. The number of nitrogens with zero attached hydrogens (tertiary/aromatic N) is 1. The fraction of sp³-hybridized carbons (Fsp3) is 0.333. The van der Waals surface area contributed by atoms with Crippen LogP contribution in [0.4, 0.5) is 0 Å². The molecule has 0 unspecified atom stereocenters. The lowest BCUT2D eigenvalue weighted by Gasteiger charge is -2.23. The molecular formula is C18H23NO2. The molecule has 2 aromatic rings. The molecule has 0 saturated carbocycles. The summed E-state index contributed by atoms with van der Waals surface area (Å²) in [6.07, 6.45) is 0. The zero-order valence-electron chi connectivity index (χ0n) is 12.7. The van der Waals surface area contributed by atoms with Gasteiger partial charge in [0.25, 0.3) is 0 Å². The number of methoxy groups -OCH3 is 1. The number of aliphatic hydroxyl groups excluding tert-OH is 1. The third-order valence-corrected chi connectivity index (χ3v) is 3.50. The Bertz CT molecular complexity index is 554. The van der Waals surface area contributed by atoms with Gasteiger partial charge in [0.2, 0.25) is 0 Å². The second-order valence-electron chi connectivity index (χ2n) is 5.24. The first kappa shape index (κ1) is 15.5. The van der Waals surface area contributed by atoms with Crippen LogP contribution in [0, 0.1) is 6.92 Å². The van der Waals surface area contributed by atoms with Crippen molar-refractivity contribution in [2.24, 2.45) is 0 Å². The topological polar surface area (TPSA) is 32.7 Å². The van der Waals surface area contributed by atoms with Crippen LogP contribution in [0.25, 0.3) is 0 Å². The number of ether oxygens (including phenoxy) is 1. The molecule has 0 bridgehead atoms. The van der Waals surface area contributed by atoms with E-state index in [1.807, 2.05) is 24.3 Å². The fourth-order valence-corrected chi connectivity index (χ4v) is 2.47. The van der Waals surface area contributed by atoms with Crippen LogP contribution in [0.1, 0.15) is 16.7 Å². The van der Waals surface area contributed by atoms with Crippen molar-refractivity contribution < 1.29 is 9.84 Å². The van der Waals surface area contributed by atoms with E-state index in [0.717, 1.165) is 24.4 Å². The van der Waals surface area contributed by atoms with Gasteiger partial charge in [0.15, 0.2) is 0 Å². The lowest BCUT2D eigenvalue weighted by molar-refractivity contribution is 0.183. The summed E-state index contributed by atoms with van der Waals surface area (Å²) in [5.74, 6) is 0.900. The van der Waals surface area contributed by atoms with Crippen LogP contribution in [0.5, 0.6) is 5.75 Å². The van der Waals surface area contributed by atoms with Crippen molar-refractivity contribution in [3.8, 4) is 5.75 Å². The van der Waals surface area contributed by atoms with Gasteiger partial charge in [0.05, 0.1) is 13.7 Å². The largest absolute Gasteiger partial charge is 0.496 e. The Balaban J connectivity index is 2.14. The minimum absolute atomic E-state index is 0.154. The Labute approximate surface area is 126 Å². The molecule has 0 heterocycles. The molecule has 0 aliphatic rings.